The van der Waals surface area contributed by atoms with E-state index in [0.717, 1.165) is 57.8 Å². The normalized spacial score (nSPS) is 15.2. The van der Waals surface area contributed by atoms with Crippen LogP contribution in [0.5, 0.6) is 0 Å². The molecule has 8 nitrogen and oxygen atoms in total. The zero-order valence-electron chi connectivity index (χ0n) is 22.4. The second kappa shape index (κ2) is 20.7. The smallest absolute Gasteiger partial charge is 0.446 e. The second-order valence-corrected chi connectivity index (χ2v) is 11.1. The van der Waals surface area contributed by atoms with Gasteiger partial charge in [-0.3, -0.25) is 9.05 Å². The highest BCUT2D eigenvalue weighted by molar-refractivity contribution is 7.47. The standard InChI is InChI=1S/C26H49N2O6P/c1-5-6-7-8-9-10-11-12-13-14-15-16-17-18-19-20-25(34-26(27)29)21-23-32-35(30,31)33-24-22-28(2,3)4/h6-7,9-10,12-13,25H,5,8,11,14-24H2,1-4H3,(H2-,27,29,30,31)/p+1. The van der Waals surface area contributed by atoms with Crippen molar-refractivity contribution in [2.75, 3.05) is 40.9 Å². The van der Waals surface area contributed by atoms with Crippen molar-refractivity contribution in [3.63, 3.8) is 0 Å². The van der Waals surface area contributed by atoms with E-state index in [2.05, 4.69) is 43.4 Å². The fourth-order valence-corrected chi connectivity index (χ4v) is 3.91. The predicted octanol–water partition coefficient (Wildman–Crippen LogP) is 6.27. The van der Waals surface area contributed by atoms with Gasteiger partial charge in [0.2, 0.25) is 0 Å². The highest BCUT2D eigenvalue weighted by Gasteiger charge is 2.23. The molecule has 1 amide bonds. The number of likely N-dealkylation sites (N-methyl/N-ethyl adjacent to an activating group) is 1. The summed E-state index contributed by atoms with van der Waals surface area (Å²) in [5.74, 6) is 0. The van der Waals surface area contributed by atoms with Crippen molar-refractivity contribution < 1.29 is 32.5 Å². The fourth-order valence-electron chi connectivity index (χ4n) is 3.18. The fraction of sp³-hybridized carbons (Fsp3) is 0.731. The molecule has 0 heterocycles. The largest absolute Gasteiger partial charge is 0.472 e. The van der Waals surface area contributed by atoms with Crippen LogP contribution in [0.1, 0.15) is 77.6 Å². The number of carbonyl (C=O) groups excluding carboxylic acids is 1. The van der Waals surface area contributed by atoms with E-state index in [1.165, 1.54) is 0 Å². The number of amides is 1. The van der Waals surface area contributed by atoms with Gasteiger partial charge >= 0.3 is 13.9 Å². The van der Waals surface area contributed by atoms with Gasteiger partial charge in [0.05, 0.1) is 27.7 Å². The molecule has 3 N–H and O–H groups in total. The highest BCUT2D eigenvalue weighted by atomic mass is 31.2. The Hall–Kier alpha value is -1.44. The molecular formula is C26H50N2O6P+. The zero-order valence-corrected chi connectivity index (χ0v) is 23.3. The van der Waals surface area contributed by atoms with Crippen molar-refractivity contribution in [2.24, 2.45) is 5.73 Å². The van der Waals surface area contributed by atoms with Crippen molar-refractivity contribution in [3.8, 4) is 0 Å². The summed E-state index contributed by atoms with van der Waals surface area (Å²) in [6.07, 6.45) is 22.4. The van der Waals surface area contributed by atoms with Crippen molar-refractivity contribution in [2.45, 2.75) is 83.7 Å². The third-order valence-electron chi connectivity index (χ3n) is 5.17. The molecule has 0 saturated heterocycles. The van der Waals surface area contributed by atoms with E-state index >= 15 is 0 Å². The van der Waals surface area contributed by atoms with Gasteiger partial charge in [0.25, 0.3) is 0 Å². The lowest BCUT2D eigenvalue weighted by atomic mass is 10.1. The Kier molecular flexibility index (Phi) is 19.9. The molecule has 0 radical (unpaired) electrons. The number of phosphoric acid groups is 1. The van der Waals surface area contributed by atoms with Crippen LogP contribution < -0.4 is 5.73 Å². The van der Waals surface area contributed by atoms with E-state index in [0.29, 0.717) is 23.9 Å². The molecule has 2 atom stereocenters. The molecule has 0 aromatic heterocycles. The van der Waals surface area contributed by atoms with Crippen LogP contribution in [0.3, 0.4) is 0 Å². The molecule has 0 aromatic rings. The van der Waals surface area contributed by atoms with Gasteiger partial charge in [-0.15, -0.1) is 0 Å². The molecule has 0 rings (SSSR count). The average molecular weight is 518 g/mol. The molecule has 35 heavy (non-hydrogen) atoms. The summed E-state index contributed by atoms with van der Waals surface area (Å²) in [4.78, 5) is 21.0. The molecule has 0 saturated carbocycles. The van der Waals surface area contributed by atoms with Crippen LogP contribution in [0.4, 0.5) is 4.79 Å². The number of hydrogen-bond acceptors (Lipinski definition) is 5. The first-order chi connectivity index (χ1) is 16.6. The maximum Gasteiger partial charge on any atom is 0.472 e. The SMILES string of the molecule is CCC=CCC=CCC=CCCCCCCCC(CCOP(=O)(O)OCC[N+](C)(C)C)OC(N)=O. The number of primary amides is 1. The summed E-state index contributed by atoms with van der Waals surface area (Å²) in [5.41, 5.74) is 5.17. The Morgan fingerprint density at radius 1 is 0.886 bits per heavy atom. The van der Waals surface area contributed by atoms with E-state index < -0.39 is 20.0 Å². The average Bonchev–Trinajstić information content (AvgIpc) is 2.74. The lowest BCUT2D eigenvalue weighted by Crippen LogP contribution is -2.37. The maximum atomic E-state index is 12.0. The van der Waals surface area contributed by atoms with E-state index in [-0.39, 0.29) is 13.2 Å². The number of rotatable bonds is 22. The van der Waals surface area contributed by atoms with Gasteiger partial charge in [-0.05, 0) is 44.9 Å². The minimum atomic E-state index is -4.13. The number of hydrogen-bond donors (Lipinski definition) is 2. The number of nitrogens with two attached hydrogens (primary N) is 1. The van der Waals surface area contributed by atoms with Gasteiger partial charge in [0.15, 0.2) is 0 Å². The van der Waals surface area contributed by atoms with Gasteiger partial charge in [-0.25, -0.2) is 9.36 Å². The van der Waals surface area contributed by atoms with Crippen molar-refractivity contribution >= 4 is 13.9 Å². The van der Waals surface area contributed by atoms with Crippen LogP contribution in [0, 0.1) is 0 Å². The summed E-state index contributed by atoms with van der Waals surface area (Å²) in [5, 5.41) is 0. The van der Waals surface area contributed by atoms with Crippen molar-refractivity contribution in [1.82, 2.24) is 0 Å². The number of unbranched alkanes of at least 4 members (excludes halogenated alkanes) is 5. The molecule has 0 aromatic carbocycles. The molecular weight excluding hydrogens is 467 g/mol. The molecule has 2 unspecified atom stereocenters. The highest BCUT2D eigenvalue weighted by Crippen LogP contribution is 2.43. The lowest BCUT2D eigenvalue weighted by molar-refractivity contribution is -0.870. The first-order valence-electron chi connectivity index (χ1n) is 12.9. The van der Waals surface area contributed by atoms with Crippen molar-refractivity contribution in [1.29, 1.82) is 0 Å². The number of quaternary nitrogens is 1. The molecule has 9 heteroatoms. The number of nitrogens with zero attached hydrogens (tertiary/aromatic N) is 1. The Labute approximate surface area is 213 Å². The maximum absolute atomic E-state index is 12.0. The van der Waals surface area contributed by atoms with Gasteiger partial charge in [-0.2, -0.15) is 0 Å². The Bertz CT molecular complexity index is 673. The third-order valence-corrected chi connectivity index (χ3v) is 6.19. The number of ether oxygens (including phenoxy) is 1. The predicted molar refractivity (Wildman–Crippen MR) is 143 cm³/mol. The molecule has 0 bridgehead atoms. The number of phosphoric ester groups is 1. The van der Waals surface area contributed by atoms with Crippen molar-refractivity contribution in [3.05, 3.63) is 36.5 Å². The van der Waals surface area contributed by atoms with E-state index in [1.54, 1.807) is 0 Å². The van der Waals surface area contributed by atoms with Gasteiger partial charge in [0, 0.05) is 6.42 Å². The first-order valence-corrected chi connectivity index (χ1v) is 14.4. The summed E-state index contributed by atoms with van der Waals surface area (Å²) < 4.78 is 27.7. The van der Waals surface area contributed by atoms with Crippen LogP contribution in [0.25, 0.3) is 0 Å². The van der Waals surface area contributed by atoms with Crippen LogP contribution in [0.15, 0.2) is 36.5 Å². The van der Waals surface area contributed by atoms with Crippen LogP contribution >= 0.6 is 7.82 Å². The molecule has 0 aliphatic heterocycles. The van der Waals surface area contributed by atoms with Crippen LogP contribution in [-0.4, -0.2) is 62.5 Å². The Morgan fingerprint density at radius 3 is 2.09 bits per heavy atom. The molecule has 0 spiro atoms. The summed E-state index contributed by atoms with van der Waals surface area (Å²) in [6, 6.07) is 0. The van der Waals surface area contributed by atoms with Gasteiger partial charge in [-0.1, -0.05) is 62.6 Å². The minimum Gasteiger partial charge on any atom is -0.446 e. The van der Waals surface area contributed by atoms with Crippen LogP contribution in [0.2, 0.25) is 0 Å². The molecule has 0 aliphatic carbocycles. The summed E-state index contributed by atoms with van der Waals surface area (Å²) in [6.45, 7) is 2.78. The monoisotopic (exact) mass is 517 g/mol. The summed E-state index contributed by atoms with van der Waals surface area (Å²) >= 11 is 0. The third kappa shape index (κ3) is 25.5. The topological polar surface area (TPSA) is 108 Å². The molecule has 0 fully saturated rings. The summed E-state index contributed by atoms with van der Waals surface area (Å²) in [7, 11) is 1.76. The van der Waals surface area contributed by atoms with E-state index in [4.69, 9.17) is 19.5 Å². The zero-order chi connectivity index (χ0) is 26.4. The molecule has 0 aliphatic rings. The lowest BCUT2D eigenvalue weighted by Gasteiger charge is -2.24. The molecule has 204 valence electrons. The number of allylic oxidation sites excluding steroid dienone is 6. The quantitative estimate of drug-likeness (QED) is 0.0758. The Morgan fingerprint density at radius 2 is 1.46 bits per heavy atom. The minimum absolute atomic E-state index is 0.0485. The first kappa shape index (κ1) is 33.6. The number of carbonyl (C=O) groups is 1. The second-order valence-electron chi connectivity index (χ2n) is 9.64. The van der Waals surface area contributed by atoms with Crippen LogP contribution in [-0.2, 0) is 18.3 Å². The van der Waals surface area contributed by atoms with Gasteiger partial charge in [0.1, 0.15) is 19.3 Å². The Balaban J connectivity index is 3.95. The van der Waals surface area contributed by atoms with E-state index in [9.17, 15) is 14.3 Å². The van der Waals surface area contributed by atoms with Gasteiger partial charge < -0.3 is 19.8 Å². The van der Waals surface area contributed by atoms with E-state index in [1.807, 2.05) is 21.1 Å².